The number of alkyl halides is 2. The average Bonchev–Trinajstić information content (AvgIpc) is 3.42. The zero-order chi connectivity index (χ0) is 22.4. The van der Waals surface area contributed by atoms with Gasteiger partial charge in [-0.3, -0.25) is 14.5 Å². The number of hydrogen-bond acceptors (Lipinski definition) is 4. The number of hydrogen-bond donors (Lipinski definition) is 0. The molecule has 0 radical (unpaired) electrons. The van der Waals surface area contributed by atoms with E-state index in [1.807, 2.05) is 17.9 Å². The third-order valence-corrected chi connectivity index (χ3v) is 6.68. The second kappa shape index (κ2) is 8.15. The molecule has 0 atom stereocenters. The molecule has 3 aliphatic heterocycles. The largest absolute Gasteiger partial charge is 0.338 e. The molecule has 3 aliphatic rings. The lowest BCUT2D eigenvalue weighted by molar-refractivity contribution is -0.130. The molecule has 5 rings (SSSR count). The van der Waals surface area contributed by atoms with Crippen LogP contribution in [0.15, 0.2) is 40.7 Å². The van der Waals surface area contributed by atoms with Gasteiger partial charge in [0.15, 0.2) is 0 Å². The summed E-state index contributed by atoms with van der Waals surface area (Å²) in [5.74, 6) is 0.992. The van der Waals surface area contributed by atoms with Crippen LogP contribution in [0.5, 0.6) is 0 Å². The summed E-state index contributed by atoms with van der Waals surface area (Å²) < 4.78 is 29.9. The summed E-state index contributed by atoms with van der Waals surface area (Å²) in [6.45, 7) is 4.54. The normalized spacial score (nSPS) is 18.2. The molecule has 0 unspecified atom stereocenters. The van der Waals surface area contributed by atoms with E-state index in [1.54, 1.807) is 30.2 Å². The molecule has 0 bridgehead atoms. The van der Waals surface area contributed by atoms with Crippen LogP contribution in [-0.4, -0.2) is 52.6 Å². The van der Waals surface area contributed by atoms with Gasteiger partial charge >= 0.3 is 0 Å². The van der Waals surface area contributed by atoms with Crippen molar-refractivity contribution >= 4 is 17.4 Å². The summed E-state index contributed by atoms with van der Waals surface area (Å²) in [6, 6.07) is 3.54. The van der Waals surface area contributed by atoms with Gasteiger partial charge in [0.25, 0.3) is 6.43 Å². The molecule has 168 valence electrons. The second-order valence-corrected chi connectivity index (χ2v) is 8.67. The SMILES string of the molecule is CCC(=O)N1CCC2=C(C1)C(N1CCCc3cc(-c4cnn(C)c4)c(C(F)F)cc31)=NC2. The van der Waals surface area contributed by atoms with Crippen LogP contribution in [0.4, 0.5) is 14.5 Å². The minimum absolute atomic E-state index is 0.0166. The Bertz CT molecular complexity index is 1130. The number of aryl methyl sites for hydroxylation is 2. The molecule has 0 aliphatic carbocycles. The Morgan fingerprint density at radius 1 is 1.22 bits per heavy atom. The van der Waals surface area contributed by atoms with E-state index in [0.717, 1.165) is 55.0 Å². The van der Waals surface area contributed by atoms with Crippen LogP contribution in [0.1, 0.15) is 43.7 Å². The topological polar surface area (TPSA) is 53.7 Å². The van der Waals surface area contributed by atoms with E-state index < -0.39 is 6.43 Å². The Morgan fingerprint density at radius 2 is 2.06 bits per heavy atom. The van der Waals surface area contributed by atoms with Gasteiger partial charge in [-0.2, -0.15) is 5.10 Å². The van der Waals surface area contributed by atoms with E-state index in [9.17, 15) is 13.6 Å². The first kappa shape index (κ1) is 20.8. The van der Waals surface area contributed by atoms with Crippen LogP contribution < -0.4 is 4.90 Å². The van der Waals surface area contributed by atoms with E-state index in [1.165, 1.54) is 5.57 Å². The molecule has 6 nitrogen and oxygen atoms in total. The summed E-state index contributed by atoms with van der Waals surface area (Å²) in [7, 11) is 1.78. The minimum atomic E-state index is -2.59. The second-order valence-electron chi connectivity index (χ2n) is 8.67. The lowest BCUT2D eigenvalue weighted by atomic mass is 9.92. The fourth-order valence-corrected chi connectivity index (χ4v) is 5.02. The molecule has 1 aromatic heterocycles. The predicted molar refractivity (Wildman–Crippen MR) is 120 cm³/mol. The number of rotatable bonds is 3. The summed E-state index contributed by atoms with van der Waals surface area (Å²) in [6.07, 6.45) is 3.89. The Hall–Kier alpha value is -3.03. The Kier molecular flexibility index (Phi) is 5.31. The summed E-state index contributed by atoms with van der Waals surface area (Å²) in [5, 5.41) is 4.16. The molecule has 32 heavy (non-hydrogen) atoms. The molecule has 0 fully saturated rings. The molecular weight excluding hydrogens is 412 g/mol. The zero-order valence-electron chi connectivity index (χ0n) is 18.4. The van der Waals surface area contributed by atoms with E-state index in [-0.39, 0.29) is 11.5 Å². The molecule has 0 spiro atoms. The predicted octanol–water partition coefficient (Wildman–Crippen LogP) is 4.13. The fourth-order valence-electron chi connectivity index (χ4n) is 5.02. The van der Waals surface area contributed by atoms with Crippen molar-refractivity contribution in [2.75, 3.05) is 31.1 Å². The number of aromatic nitrogens is 2. The van der Waals surface area contributed by atoms with Crippen molar-refractivity contribution in [1.82, 2.24) is 14.7 Å². The van der Waals surface area contributed by atoms with Crippen LogP contribution >= 0.6 is 0 Å². The molecule has 0 saturated heterocycles. The number of amidine groups is 1. The van der Waals surface area contributed by atoms with E-state index >= 15 is 0 Å². The molecule has 2 aromatic rings. The van der Waals surface area contributed by atoms with Gasteiger partial charge in [-0.1, -0.05) is 6.92 Å². The molecule has 0 N–H and O–H groups in total. The fraction of sp³-hybridized carbons (Fsp3) is 0.458. The van der Waals surface area contributed by atoms with Crippen molar-refractivity contribution in [3.8, 4) is 11.1 Å². The average molecular weight is 440 g/mol. The first-order valence-corrected chi connectivity index (χ1v) is 11.2. The number of halogens is 2. The minimum Gasteiger partial charge on any atom is -0.338 e. The highest BCUT2D eigenvalue weighted by atomic mass is 19.3. The lowest BCUT2D eigenvalue weighted by Crippen LogP contribution is -2.42. The number of aliphatic imine (C=N–C) groups is 1. The van der Waals surface area contributed by atoms with Gasteiger partial charge < -0.3 is 9.80 Å². The van der Waals surface area contributed by atoms with Crippen LogP contribution in [0.2, 0.25) is 0 Å². The van der Waals surface area contributed by atoms with Crippen molar-refractivity contribution in [3.05, 3.63) is 46.8 Å². The molecule has 1 amide bonds. The van der Waals surface area contributed by atoms with Crippen LogP contribution in [-0.2, 0) is 18.3 Å². The Balaban J connectivity index is 1.53. The number of nitrogens with zero attached hydrogens (tertiary/aromatic N) is 5. The Labute approximate surface area is 186 Å². The van der Waals surface area contributed by atoms with Gasteiger partial charge in [0.1, 0.15) is 5.84 Å². The number of fused-ring (bicyclic) bond motifs is 1. The quantitative estimate of drug-likeness (QED) is 0.723. The maximum atomic E-state index is 14.1. The number of anilines is 1. The van der Waals surface area contributed by atoms with Crippen LogP contribution in [0.3, 0.4) is 0 Å². The smallest absolute Gasteiger partial charge is 0.264 e. The Morgan fingerprint density at radius 3 is 2.78 bits per heavy atom. The zero-order valence-corrected chi connectivity index (χ0v) is 18.4. The number of amides is 1. The summed E-state index contributed by atoms with van der Waals surface area (Å²) in [5.41, 5.74) is 5.49. The van der Waals surface area contributed by atoms with Gasteiger partial charge in [0.05, 0.1) is 12.7 Å². The first-order chi connectivity index (χ1) is 15.5. The van der Waals surface area contributed by atoms with Gasteiger partial charge in [-0.25, -0.2) is 8.78 Å². The summed E-state index contributed by atoms with van der Waals surface area (Å²) in [4.78, 5) is 21.1. The van der Waals surface area contributed by atoms with E-state index in [0.29, 0.717) is 30.6 Å². The maximum Gasteiger partial charge on any atom is 0.264 e. The summed E-state index contributed by atoms with van der Waals surface area (Å²) >= 11 is 0. The number of carbonyl (C=O) groups excluding carboxylic acids is 1. The lowest BCUT2D eigenvalue weighted by Gasteiger charge is -2.35. The highest BCUT2D eigenvalue weighted by molar-refractivity contribution is 6.13. The molecular formula is C24H27F2N5O. The number of carbonyl (C=O) groups is 1. The maximum absolute atomic E-state index is 14.1. The van der Waals surface area contributed by atoms with Gasteiger partial charge in [0.2, 0.25) is 5.91 Å². The van der Waals surface area contributed by atoms with Crippen molar-refractivity contribution in [2.24, 2.45) is 12.0 Å². The van der Waals surface area contributed by atoms with E-state index in [4.69, 9.17) is 4.99 Å². The van der Waals surface area contributed by atoms with E-state index in [2.05, 4.69) is 10.00 Å². The van der Waals surface area contributed by atoms with Gasteiger partial charge in [-0.05, 0) is 48.1 Å². The molecule has 8 heteroatoms. The molecule has 1 aromatic carbocycles. The third kappa shape index (κ3) is 3.51. The standard InChI is InChI=1S/C24H27F2N5O/c1-3-22(32)30-8-6-16-11-27-24(20(16)14-30)31-7-4-5-15-9-18(17-12-28-29(2)13-17)19(23(25)26)10-21(15)31/h9-10,12-13,23H,3-8,11,14H2,1-2H3. The van der Waals surface area contributed by atoms with Crippen molar-refractivity contribution in [3.63, 3.8) is 0 Å². The monoisotopic (exact) mass is 439 g/mol. The molecule has 0 saturated carbocycles. The van der Waals surface area contributed by atoms with Crippen molar-refractivity contribution < 1.29 is 13.6 Å². The highest BCUT2D eigenvalue weighted by Crippen LogP contribution is 2.40. The number of benzene rings is 1. The van der Waals surface area contributed by atoms with Crippen LogP contribution in [0, 0.1) is 0 Å². The first-order valence-electron chi connectivity index (χ1n) is 11.2. The molecule has 4 heterocycles. The van der Waals surface area contributed by atoms with Gasteiger partial charge in [-0.15, -0.1) is 0 Å². The van der Waals surface area contributed by atoms with Crippen molar-refractivity contribution in [1.29, 1.82) is 0 Å². The van der Waals surface area contributed by atoms with Crippen molar-refractivity contribution in [2.45, 2.75) is 39.0 Å². The van der Waals surface area contributed by atoms with Crippen LogP contribution in [0.25, 0.3) is 11.1 Å². The van der Waals surface area contributed by atoms with Gasteiger partial charge in [0, 0.05) is 61.7 Å². The third-order valence-electron chi connectivity index (χ3n) is 6.68. The highest BCUT2D eigenvalue weighted by Gasteiger charge is 2.33.